The van der Waals surface area contributed by atoms with Crippen LogP contribution in [0.2, 0.25) is 0 Å². The molecule has 0 spiro atoms. The van der Waals surface area contributed by atoms with Gasteiger partial charge in [0.1, 0.15) is 6.04 Å². The van der Waals surface area contributed by atoms with E-state index in [1.807, 2.05) is 12.1 Å². The quantitative estimate of drug-likeness (QED) is 0.680. The predicted octanol–water partition coefficient (Wildman–Crippen LogP) is 2.81. The first kappa shape index (κ1) is 20.4. The molecule has 0 bridgehead atoms. The molecule has 1 aliphatic carbocycles. The number of benzene rings is 2. The van der Waals surface area contributed by atoms with Crippen molar-refractivity contribution in [2.24, 2.45) is 0 Å². The van der Waals surface area contributed by atoms with Gasteiger partial charge in [0.25, 0.3) is 5.91 Å². The molecule has 8 nitrogen and oxygen atoms in total. The monoisotopic (exact) mass is 435 g/mol. The molecule has 2 aromatic carbocycles. The van der Waals surface area contributed by atoms with E-state index in [4.69, 9.17) is 9.47 Å². The predicted molar refractivity (Wildman–Crippen MR) is 115 cm³/mol. The van der Waals surface area contributed by atoms with Crippen molar-refractivity contribution in [1.82, 2.24) is 15.5 Å². The molecule has 1 saturated heterocycles. The van der Waals surface area contributed by atoms with Crippen LogP contribution in [-0.2, 0) is 22.6 Å². The summed E-state index contributed by atoms with van der Waals surface area (Å²) in [5, 5.41) is 5.80. The number of aryl methyl sites for hydroxylation is 1. The number of nitrogens with zero attached hydrogens (tertiary/aromatic N) is 1. The molecule has 166 valence electrons. The number of rotatable bonds is 6. The van der Waals surface area contributed by atoms with Crippen molar-refractivity contribution in [1.29, 1.82) is 0 Å². The highest BCUT2D eigenvalue weighted by molar-refractivity contribution is 6.04. The summed E-state index contributed by atoms with van der Waals surface area (Å²) in [5.74, 6) is 0.828. The van der Waals surface area contributed by atoms with E-state index in [-0.39, 0.29) is 44.0 Å². The number of imide groups is 1. The minimum absolute atomic E-state index is 0.00354. The minimum Gasteiger partial charge on any atom is -0.454 e. The lowest BCUT2D eigenvalue weighted by Crippen LogP contribution is -2.34. The Balaban J connectivity index is 1.16. The Morgan fingerprint density at radius 2 is 1.97 bits per heavy atom. The highest BCUT2D eigenvalue weighted by atomic mass is 16.7. The Labute approximate surface area is 185 Å². The normalized spacial score (nSPS) is 21.3. The van der Waals surface area contributed by atoms with E-state index in [0.29, 0.717) is 11.5 Å². The van der Waals surface area contributed by atoms with Crippen LogP contribution >= 0.6 is 0 Å². The fraction of sp³-hybridized carbons (Fsp3) is 0.375. The zero-order chi connectivity index (χ0) is 22.1. The lowest BCUT2D eigenvalue weighted by atomic mass is 9.87. The van der Waals surface area contributed by atoms with Gasteiger partial charge < -0.3 is 20.1 Å². The fourth-order valence-corrected chi connectivity index (χ4v) is 4.59. The first-order chi connectivity index (χ1) is 15.6. The van der Waals surface area contributed by atoms with Crippen molar-refractivity contribution < 1.29 is 23.9 Å². The van der Waals surface area contributed by atoms with Gasteiger partial charge in [-0.1, -0.05) is 30.3 Å². The standard InChI is InChI=1S/C24H25N3O5/c28-22(25-18-7-3-5-16-4-1-2-6-17(16)18)11-9-19-23(29)27(24(30)26-19)13-15-8-10-20-21(12-15)32-14-31-20/h1-2,4,6,8,10,12,18-19H,3,5,7,9,11,13-14H2,(H,25,28)(H,26,30)/t18-,19-/m0/s1. The highest BCUT2D eigenvalue weighted by Gasteiger charge is 2.38. The van der Waals surface area contributed by atoms with Crippen molar-refractivity contribution >= 4 is 17.8 Å². The van der Waals surface area contributed by atoms with Gasteiger partial charge in [0, 0.05) is 6.42 Å². The summed E-state index contributed by atoms with van der Waals surface area (Å²) in [5.41, 5.74) is 3.22. The van der Waals surface area contributed by atoms with Crippen molar-refractivity contribution in [3.05, 3.63) is 59.2 Å². The number of amides is 4. The summed E-state index contributed by atoms with van der Waals surface area (Å²) in [6, 6.07) is 12.4. The summed E-state index contributed by atoms with van der Waals surface area (Å²) in [4.78, 5) is 38.9. The molecular weight excluding hydrogens is 410 g/mol. The SMILES string of the molecule is O=C(CC[C@@H]1NC(=O)N(Cc2ccc3c(c2)OCO3)C1=O)N[C@H]1CCCc2ccccc21. The molecule has 0 saturated carbocycles. The molecule has 0 unspecified atom stereocenters. The number of carbonyl (C=O) groups excluding carboxylic acids is 3. The molecule has 32 heavy (non-hydrogen) atoms. The Morgan fingerprint density at radius 3 is 2.88 bits per heavy atom. The molecule has 1 fully saturated rings. The second-order valence-electron chi connectivity index (χ2n) is 8.36. The lowest BCUT2D eigenvalue weighted by molar-refractivity contribution is -0.128. The van der Waals surface area contributed by atoms with Crippen LogP contribution in [-0.4, -0.2) is 35.6 Å². The zero-order valence-corrected chi connectivity index (χ0v) is 17.6. The van der Waals surface area contributed by atoms with Gasteiger partial charge >= 0.3 is 6.03 Å². The van der Waals surface area contributed by atoms with Crippen LogP contribution in [0.4, 0.5) is 4.79 Å². The highest BCUT2D eigenvalue weighted by Crippen LogP contribution is 2.33. The fourth-order valence-electron chi connectivity index (χ4n) is 4.59. The summed E-state index contributed by atoms with van der Waals surface area (Å²) in [7, 11) is 0. The average Bonchev–Trinajstić information content (AvgIpc) is 3.37. The topological polar surface area (TPSA) is 97.0 Å². The minimum atomic E-state index is -0.694. The third kappa shape index (κ3) is 4.00. The molecule has 4 amide bonds. The van der Waals surface area contributed by atoms with E-state index in [1.165, 1.54) is 16.0 Å². The molecule has 0 radical (unpaired) electrons. The van der Waals surface area contributed by atoms with Crippen LogP contribution in [0.25, 0.3) is 0 Å². The Kier molecular flexibility index (Phi) is 5.43. The summed E-state index contributed by atoms with van der Waals surface area (Å²) < 4.78 is 10.6. The van der Waals surface area contributed by atoms with E-state index in [9.17, 15) is 14.4 Å². The van der Waals surface area contributed by atoms with Crippen LogP contribution < -0.4 is 20.1 Å². The third-order valence-electron chi connectivity index (χ3n) is 6.25. The molecule has 0 aromatic heterocycles. The molecule has 2 atom stereocenters. The molecular formula is C24H25N3O5. The van der Waals surface area contributed by atoms with Gasteiger partial charge in [0.05, 0.1) is 12.6 Å². The Hall–Kier alpha value is -3.55. The molecule has 5 rings (SSSR count). The Morgan fingerprint density at radius 1 is 1.12 bits per heavy atom. The molecule has 3 aliphatic rings. The van der Waals surface area contributed by atoms with Crippen LogP contribution in [0.3, 0.4) is 0 Å². The maximum absolute atomic E-state index is 12.8. The van der Waals surface area contributed by atoms with Gasteiger partial charge in [-0.2, -0.15) is 0 Å². The number of hydrogen-bond donors (Lipinski definition) is 2. The number of urea groups is 1. The summed E-state index contributed by atoms with van der Waals surface area (Å²) in [6.45, 7) is 0.307. The number of hydrogen-bond acceptors (Lipinski definition) is 5. The zero-order valence-electron chi connectivity index (χ0n) is 17.6. The van der Waals surface area contributed by atoms with Crippen LogP contribution in [0, 0.1) is 0 Å². The number of fused-ring (bicyclic) bond motifs is 2. The van der Waals surface area contributed by atoms with Gasteiger partial charge in [0.2, 0.25) is 12.7 Å². The molecule has 2 N–H and O–H groups in total. The Bertz CT molecular complexity index is 1070. The maximum Gasteiger partial charge on any atom is 0.325 e. The number of ether oxygens (including phenoxy) is 2. The largest absolute Gasteiger partial charge is 0.454 e. The van der Waals surface area contributed by atoms with E-state index in [2.05, 4.69) is 22.8 Å². The van der Waals surface area contributed by atoms with Crippen LogP contribution in [0.1, 0.15) is 48.4 Å². The smallest absolute Gasteiger partial charge is 0.325 e. The first-order valence-corrected chi connectivity index (χ1v) is 11.0. The van der Waals surface area contributed by atoms with E-state index >= 15 is 0 Å². The van der Waals surface area contributed by atoms with Gasteiger partial charge in [0.15, 0.2) is 11.5 Å². The average molecular weight is 435 g/mol. The lowest BCUT2D eigenvalue weighted by Gasteiger charge is -2.26. The second-order valence-corrected chi connectivity index (χ2v) is 8.36. The van der Waals surface area contributed by atoms with Gasteiger partial charge in [-0.25, -0.2) is 4.79 Å². The molecule has 2 heterocycles. The van der Waals surface area contributed by atoms with Crippen LogP contribution in [0.5, 0.6) is 11.5 Å². The summed E-state index contributed by atoms with van der Waals surface area (Å²) in [6.07, 6.45) is 3.42. The maximum atomic E-state index is 12.8. The van der Waals surface area contributed by atoms with E-state index < -0.39 is 12.1 Å². The van der Waals surface area contributed by atoms with Gasteiger partial charge in [-0.3, -0.25) is 14.5 Å². The number of carbonyl (C=O) groups is 3. The molecule has 8 heteroatoms. The third-order valence-corrected chi connectivity index (χ3v) is 6.25. The van der Waals surface area contributed by atoms with Crippen molar-refractivity contribution in [2.75, 3.05) is 6.79 Å². The van der Waals surface area contributed by atoms with Crippen molar-refractivity contribution in [2.45, 2.75) is 50.7 Å². The number of nitrogens with one attached hydrogen (secondary N) is 2. The van der Waals surface area contributed by atoms with E-state index in [0.717, 1.165) is 24.8 Å². The van der Waals surface area contributed by atoms with E-state index in [1.54, 1.807) is 18.2 Å². The second kappa shape index (κ2) is 8.53. The molecule has 2 aromatic rings. The van der Waals surface area contributed by atoms with Crippen LogP contribution in [0.15, 0.2) is 42.5 Å². The van der Waals surface area contributed by atoms with Gasteiger partial charge in [-0.05, 0) is 54.5 Å². The van der Waals surface area contributed by atoms with Crippen molar-refractivity contribution in [3.63, 3.8) is 0 Å². The van der Waals surface area contributed by atoms with Crippen molar-refractivity contribution in [3.8, 4) is 11.5 Å². The van der Waals surface area contributed by atoms with Gasteiger partial charge in [-0.15, -0.1) is 0 Å². The summed E-state index contributed by atoms with van der Waals surface area (Å²) >= 11 is 0. The first-order valence-electron chi connectivity index (χ1n) is 11.0. The molecule has 2 aliphatic heterocycles.